The number of nitrogens with zero attached hydrogens (tertiary/aromatic N) is 2. The fourth-order valence-corrected chi connectivity index (χ4v) is 5.45. The van der Waals surface area contributed by atoms with Crippen LogP contribution >= 0.6 is 39.1 Å². The number of nitrogens with one attached hydrogen (secondary N) is 1. The van der Waals surface area contributed by atoms with Gasteiger partial charge >= 0.3 is 5.91 Å². The van der Waals surface area contributed by atoms with Gasteiger partial charge in [0.15, 0.2) is 5.76 Å². The van der Waals surface area contributed by atoms with Gasteiger partial charge in [0, 0.05) is 38.2 Å². The molecular formula is C32H26BrCl2N3O4. The number of hydrogen-bond acceptors (Lipinski definition) is 5. The summed E-state index contributed by atoms with van der Waals surface area (Å²) in [6.45, 7) is 4.54. The van der Waals surface area contributed by atoms with Crippen LogP contribution in [-0.2, 0) is 13.2 Å². The second-order valence-corrected chi connectivity index (χ2v) is 11.1. The number of ether oxygens (including phenoxy) is 2. The van der Waals surface area contributed by atoms with Gasteiger partial charge in [-0.2, -0.15) is 5.10 Å². The summed E-state index contributed by atoms with van der Waals surface area (Å²) in [6, 6.07) is 26.0. The maximum atomic E-state index is 12.7. The Labute approximate surface area is 261 Å². The van der Waals surface area contributed by atoms with Crippen LogP contribution in [0.1, 0.15) is 38.8 Å². The number of aromatic nitrogens is 1. The summed E-state index contributed by atoms with van der Waals surface area (Å²) in [4.78, 5) is 12.7. The molecule has 0 aliphatic rings. The van der Waals surface area contributed by atoms with Crippen molar-refractivity contribution >= 4 is 51.3 Å². The van der Waals surface area contributed by atoms with Crippen LogP contribution in [0, 0.1) is 13.8 Å². The molecule has 214 valence electrons. The van der Waals surface area contributed by atoms with Gasteiger partial charge in [-0.1, -0.05) is 41.4 Å². The number of halogens is 3. The summed E-state index contributed by atoms with van der Waals surface area (Å²) < 4.78 is 20.3. The van der Waals surface area contributed by atoms with Gasteiger partial charge in [-0.3, -0.25) is 4.79 Å². The highest BCUT2D eigenvalue weighted by molar-refractivity contribution is 9.10. The van der Waals surface area contributed by atoms with E-state index in [9.17, 15) is 4.79 Å². The minimum Gasteiger partial charge on any atom is -0.487 e. The molecule has 0 fully saturated rings. The minimum atomic E-state index is -0.515. The number of furan rings is 1. The maximum Gasteiger partial charge on any atom is 0.307 e. The Morgan fingerprint density at radius 3 is 2.43 bits per heavy atom. The van der Waals surface area contributed by atoms with E-state index in [2.05, 4.69) is 57.0 Å². The minimum absolute atomic E-state index is 0.0992. The first-order valence-electron chi connectivity index (χ1n) is 12.9. The lowest BCUT2D eigenvalue weighted by Crippen LogP contribution is -2.17. The average Bonchev–Trinajstić information content (AvgIpc) is 3.58. The quantitative estimate of drug-likeness (QED) is 0.120. The molecule has 10 heteroatoms. The standard InChI is InChI=1S/C32H26BrCl2N3O4/c1-20-7-8-21(2)38(20)25-9-11-26(12-10-25)40-19-27-13-14-30(42-27)32(39)37-36-17-23-15-24(34)16-28(33)31(23)41-18-22-5-3-4-6-29(22)35/h3-17H,18-19H2,1-2H3,(H,37,39)/b36-17+. The lowest BCUT2D eigenvalue weighted by Gasteiger charge is -2.12. The van der Waals surface area contributed by atoms with Crippen LogP contribution in [0.3, 0.4) is 0 Å². The second-order valence-electron chi connectivity index (χ2n) is 9.39. The number of hydrazone groups is 1. The smallest absolute Gasteiger partial charge is 0.307 e. The molecule has 0 saturated carbocycles. The van der Waals surface area contributed by atoms with E-state index in [1.807, 2.05) is 42.5 Å². The van der Waals surface area contributed by atoms with Gasteiger partial charge in [0.1, 0.15) is 30.5 Å². The lowest BCUT2D eigenvalue weighted by atomic mass is 10.2. The van der Waals surface area contributed by atoms with Crippen LogP contribution < -0.4 is 14.9 Å². The molecule has 1 N–H and O–H groups in total. The molecule has 7 nitrogen and oxygen atoms in total. The number of hydrogen-bond donors (Lipinski definition) is 1. The zero-order chi connectivity index (χ0) is 29.6. The number of aryl methyl sites for hydroxylation is 2. The predicted molar refractivity (Wildman–Crippen MR) is 168 cm³/mol. The van der Waals surface area contributed by atoms with E-state index in [0.717, 1.165) is 22.6 Å². The largest absolute Gasteiger partial charge is 0.487 e. The Hall–Kier alpha value is -3.98. The molecule has 0 aliphatic heterocycles. The molecule has 0 radical (unpaired) electrons. The molecule has 3 aromatic carbocycles. The monoisotopic (exact) mass is 665 g/mol. The van der Waals surface area contributed by atoms with Gasteiger partial charge in [0.05, 0.1) is 10.7 Å². The summed E-state index contributed by atoms with van der Waals surface area (Å²) in [7, 11) is 0. The van der Waals surface area contributed by atoms with E-state index in [1.165, 1.54) is 6.21 Å². The van der Waals surface area contributed by atoms with E-state index in [0.29, 0.717) is 37.3 Å². The molecule has 0 spiro atoms. The summed E-state index contributed by atoms with van der Waals surface area (Å²) in [5.74, 6) is 1.27. The molecule has 0 aliphatic carbocycles. The highest BCUT2D eigenvalue weighted by atomic mass is 79.9. The van der Waals surface area contributed by atoms with Crippen molar-refractivity contribution in [3.05, 3.63) is 133 Å². The Morgan fingerprint density at radius 2 is 1.69 bits per heavy atom. The first-order chi connectivity index (χ1) is 20.3. The third-order valence-corrected chi connectivity index (χ3v) is 7.55. The van der Waals surface area contributed by atoms with Crippen molar-refractivity contribution in [3.63, 3.8) is 0 Å². The molecule has 42 heavy (non-hydrogen) atoms. The van der Waals surface area contributed by atoms with Gasteiger partial charge < -0.3 is 18.5 Å². The summed E-state index contributed by atoms with van der Waals surface area (Å²) >= 11 is 16.0. The molecule has 2 heterocycles. The molecule has 0 atom stereocenters. The van der Waals surface area contributed by atoms with E-state index < -0.39 is 5.91 Å². The van der Waals surface area contributed by atoms with E-state index >= 15 is 0 Å². The van der Waals surface area contributed by atoms with E-state index in [1.54, 1.807) is 30.3 Å². The van der Waals surface area contributed by atoms with Gasteiger partial charge in [-0.05, 0) is 96.5 Å². The highest BCUT2D eigenvalue weighted by Gasteiger charge is 2.13. The predicted octanol–water partition coefficient (Wildman–Crippen LogP) is 8.68. The number of amides is 1. The molecule has 5 rings (SSSR count). The van der Waals surface area contributed by atoms with E-state index in [4.69, 9.17) is 37.1 Å². The van der Waals surface area contributed by atoms with Crippen molar-refractivity contribution in [3.8, 4) is 17.2 Å². The third-order valence-electron chi connectivity index (χ3n) is 6.37. The second kappa shape index (κ2) is 13.3. The normalized spacial score (nSPS) is 11.2. The van der Waals surface area contributed by atoms with E-state index in [-0.39, 0.29) is 19.0 Å². The van der Waals surface area contributed by atoms with Gasteiger partial charge in [0.2, 0.25) is 0 Å². The van der Waals surface area contributed by atoms with Crippen LogP contribution in [0.4, 0.5) is 0 Å². The first-order valence-corrected chi connectivity index (χ1v) is 14.5. The van der Waals surface area contributed by atoms with Crippen molar-refractivity contribution in [2.45, 2.75) is 27.1 Å². The molecule has 0 bridgehead atoms. The van der Waals surface area contributed by atoms with Crippen molar-refractivity contribution in [1.82, 2.24) is 9.99 Å². The number of benzene rings is 3. The molecule has 5 aromatic rings. The average molecular weight is 667 g/mol. The van der Waals surface area contributed by atoms with Crippen LogP contribution in [0.25, 0.3) is 5.69 Å². The van der Waals surface area contributed by atoms with Crippen LogP contribution in [0.15, 0.2) is 98.9 Å². The fourth-order valence-electron chi connectivity index (χ4n) is 4.31. The van der Waals surface area contributed by atoms with Crippen LogP contribution in [0.5, 0.6) is 11.5 Å². The molecule has 1 amide bonds. The Morgan fingerprint density at radius 1 is 0.952 bits per heavy atom. The summed E-state index contributed by atoms with van der Waals surface area (Å²) in [5.41, 5.74) is 7.24. The van der Waals surface area contributed by atoms with Crippen LogP contribution in [-0.4, -0.2) is 16.7 Å². The maximum absolute atomic E-state index is 12.7. The summed E-state index contributed by atoms with van der Waals surface area (Å²) in [6.07, 6.45) is 1.45. The fraction of sp³-hybridized carbons (Fsp3) is 0.125. The number of carbonyl (C=O) groups is 1. The Kier molecular flexibility index (Phi) is 9.37. The molecule has 2 aromatic heterocycles. The zero-order valence-electron chi connectivity index (χ0n) is 22.7. The van der Waals surface area contributed by atoms with Gasteiger partial charge in [-0.15, -0.1) is 0 Å². The number of rotatable bonds is 10. The molecule has 0 saturated heterocycles. The van der Waals surface area contributed by atoms with Crippen molar-refractivity contribution in [2.24, 2.45) is 5.10 Å². The van der Waals surface area contributed by atoms with Gasteiger partial charge in [-0.25, -0.2) is 5.43 Å². The SMILES string of the molecule is Cc1ccc(C)n1-c1ccc(OCc2ccc(C(=O)N/N=C/c3cc(Cl)cc(Br)c3OCc3ccccc3Cl)o2)cc1. The number of carbonyl (C=O) groups excluding carboxylic acids is 1. The van der Waals surface area contributed by atoms with Crippen LogP contribution in [0.2, 0.25) is 10.0 Å². The molecular weight excluding hydrogens is 641 g/mol. The lowest BCUT2D eigenvalue weighted by molar-refractivity contribution is 0.0923. The Balaban J connectivity index is 1.18. The Bertz CT molecular complexity index is 1730. The molecule has 0 unspecified atom stereocenters. The highest BCUT2D eigenvalue weighted by Crippen LogP contribution is 2.33. The van der Waals surface area contributed by atoms with Gasteiger partial charge in [0.25, 0.3) is 0 Å². The summed E-state index contributed by atoms with van der Waals surface area (Å²) in [5, 5.41) is 5.15. The van der Waals surface area contributed by atoms with Crippen molar-refractivity contribution < 1.29 is 18.7 Å². The van der Waals surface area contributed by atoms with Crippen molar-refractivity contribution in [1.29, 1.82) is 0 Å². The topological polar surface area (TPSA) is 78.0 Å². The third kappa shape index (κ3) is 7.07. The zero-order valence-corrected chi connectivity index (χ0v) is 25.8. The first kappa shape index (κ1) is 29.5. The van der Waals surface area contributed by atoms with Crippen molar-refractivity contribution in [2.75, 3.05) is 0 Å².